The zero-order chi connectivity index (χ0) is 15.7. The monoisotopic (exact) mass is 292 g/mol. The van der Waals surface area contributed by atoms with E-state index in [0.29, 0.717) is 10.9 Å². The Bertz CT molecular complexity index is 906. The summed E-state index contributed by atoms with van der Waals surface area (Å²) in [6, 6.07) is 14.3. The molecule has 1 aromatic heterocycles. The fourth-order valence-corrected chi connectivity index (χ4v) is 2.51. The quantitative estimate of drug-likeness (QED) is 0.760. The minimum atomic E-state index is -0.319. The average Bonchev–Trinajstić information content (AvgIpc) is 2.51. The summed E-state index contributed by atoms with van der Waals surface area (Å²) in [5.74, 6) is -0.319. The van der Waals surface area contributed by atoms with Crippen molar-refractivity contribution in [3.8, 4) is 0 Å². The molecule has 0 saturated carbocycles. The van der Waals surface area contributed by atoms with E-state index in [4.69, 9.17) is 0 Å². The number of aromatic amines is 1. The molecule has 0 bridgehead atoms. The number of benzene rings is 2. The van der Waals surface area contributed by atoms with Gasteiger partial charge in [-0.15, -0.1) is 0 Å². The molecule has 3 rings (SSSR count). The molecule has 110 valence electrons. The summed E-state index contributed by atoms with van der Waals surface area (Å²) in [5, 5.41) is 3.45. The lowest BCUT2D eigenvalue weighted by Gasteiger charge is -2.11. The molecule has 0 aliphatic rings. The van der Waals surface area contributed by atoms with E-state index < -0.39 is 0 Å². The zero-order valence-electron chi connectivity index (χ0n) is 12.4. The van der Waals surface area contributed by atoms with Crippen LogP contribution in [-0.4, -0.2) is 10.9 Å². The maximum Gasteiger partial charge on any atom is 0.272 e. The van der Waals surface area contributed by atoms with Gasteiger partial charge in [-0.1, -0.05) is 30.3 Å². The Kier molecular flexibility index (Phi) is 3.51. The largest absolute Gasteiger partial charge is 0.350 e. The second-order valence-corrected chi connectivity index (χ2v) is 5.31. The van der Waals surface area contributed by atoms with Crippen molar-refractivity contribution in [2.75, 3.05) is 5.32 Å². The third-order valence-corrected chi connectivity index (χ3v) is 3.70. The molecule has 4 nitrogen and oxygen atoms in total. The van der Waals surface area contributed by atoms with Gasteiger partial charge in [-0.25, -0.2) is 0 Å². The highest BCUT2D eigenvalue weighted by molar-refractivity contribution is 6.04. The summed E-state index contributed by atoms with van der Waals surface area (Å²) >= 11 is 0. The SMILES string of the molecule is Cc1cccc(C)c1NC(=O)c1cc(=O)c2ccccc2[nH]1. The lowest BCUT2D eigenvalue weighted by atomic mass is 10.1. The summed E-state index contributed by atoms with van der Waals surface area (Å²) < 4.78 is 0. The van der Waals surface area contributed by atoms with Crippen LogP contribution in [0.15, 0.2) is 53.3 Å². The van der Waals surface area contributed by atoms with Crippen LogP contribution >= 0.6 is 0 Å². The fourth-order valence-electron chi connectivity index (χ4n) is 2.51. The van der Waals surface area contributed by atoms with Crippen molar-refractivity contribution >= 4 is 22.5 Å². The van der Waals surface area contributed by atoms with E-state index in [2.05, 4.69) is 10.3 Å². The molecule has 0 atom stereocenters. The number of nitrogens with one attached hydrogen (secondary N) is 2. The first kappa shape index (κ1) is 14.1. The molecule has 22 heavy (non-hydrogen) atoms. The molecule has 1 heterocycles. The number of aromatic nitrogens is 1. The van der Waals surface area contributed by atoms with E-state index in [1.165, 1.54) is 6.07 Å². The molecule has 0 aliphatic heterocycles. The van der Waals surface area contributed by atoms with Gasteiger partial charge < -0.3 is 10.3 Å². The van der Waals surface area contributed by atoms with Crippen molar-refractivity contribution < 1.29 is 4.79 Å². The summed E-state index contributed by atoms with van der Waals surface area (Å²) in [7, 11) is 0. The van der Waals surface area contributed by atoms with E-state index in [1.54, 1.807) is 18.2 Å². The number of H-pyrrole nitrogens is 1. The van der Waals surface area contributed by atoms with Gasteiger partial charge in [0.05, 0.1) is 0 Å². The fraction of sp³-hybridized carbons (Fsp3) is 0.111. The molecule has 2 aromatic carbocycles. The first-order valence-electron chi connectivity index (χ1n) is 7.06. The van der Waals surface area contributed by atoms with Gasteiger partial charge in [0.25, 0.3) is 5.91 Å². The van der Waals surface area contributed by atoms with Crippen LogP contribution in [0.1, 0.15) is 21.6 Å². The number of hydrogen-bond acceptors (Lipinski definition) is 2. The summed E-state index contributed by atoms with van der Waals surface area (Å²) in [5.41, 5.74) is 3.49. The first-order chi connectivity index (χ1) is 10.6. The van der Waals surface area contributed by atoms with Crippen molar-refractivity contribution in [3.63, 3.8) is 0 Å². The predicted molar refractivity (Wildman–Crippen MR) is 88.4 cm³/mol. The van der Waals surface area contributed by atoms with Crippen molar-refractivity contribution in [1.82, 2.24) is 4.98 Å². The van der Waals surface area contributed by atoms with E-state index in [0.717, 1.165) is 16.8 Å². The van der Waals surface area contributed by atoms with Crippen molar-refractivity contribution in [3.05, 3.63) is 75.6 Å². The molecule has 1 amide bonds. The minimum absolute atomic E-state index is 0.166. The van der Waals surface area contributed by atoms with Crippen LogP contribution in [0.3, 0.4) is 0 Å². The zero-order valence-corrected chi connectivity index (χ0v) is 12.4. The van der Waals surface area contributed by atoms with E-state index >= 15 is 0 Å². The van der Waals surface area contributed by atoms with Crippen LogP contribution < -0.4 is 10.7 Å². The minimum Gasteiger partial charge on any atom is -0.350 e. The van der Waals surface area contributed by atoms with Gasteiger partial charge in [0.15, 0.2) is 5.43 Å². The molecular weight excluding hydrogens is 276 g/mol. The van der Waals surface area contributed by atoms with E-state index in [1.807, 2.05) is 38.1 Å². The Labute approximate surface area is 127 Å². The Balaban J connectivity index is 2.01. The molecule has 4 heteroatoms. The average molecular weight is 292 g/mol. The number of anilines is 1. The van der Waals surface area contributed by atoms with Gasteiger partial charge in [-0.2, -0.15) is 0 Å². The van der Waals surface area contributed by atoms with Gasteiger partial charge in [0.1, 0.15) is 5.69 Å². The van der Waals surface area contributed by atoms with Crippen molar-refractivity contribution in [2.24, 2.45) is 0 Å². The molecule has 0 aliphatic carbocycles. The van der Waals surface area contributed by atoms with E-state index in [-0.39, 0.29) is 17.0 Å². The molecular formula is C18H16N2O2. The number of carbonyl (C=O) groups excluding carboxylic acids is 1. The molecule has 0 fully saturated rings. The summed E-state index contributed by atoms with van der Waals surface area (Å²) in [6.45, 7) is 3.87. The number of hydrogen-bond donors (Lipinski definition) is 2. The topological polar surface area (TPSA) is 62.0 Å². The van der Waals surface area contributed by atoms with Gasteiger partial charge in [-0.05, 0) is 37.1 Å². The standard InChI is InChI=1S/C18H16N2O2/c1-11-6-5-7-12(2)17(11)20-18(22)15-10-16(21)13-8-3-4-9-14(13)19-15/h3-10H,1-2H3,(H,19,21)(H,20,22). The molecule has 2 N–H and O–H groups in total. The highest BCUT2D eigenvalue weighted by atomic mass is 16.2. The second-order valence-electron chi connectivity index (χ2n) is 5.31. The molecule has 0 saturated heterocycles. The third kappa shape index (κ3) is 2.51. The first-order valence-corrected chi connectivity index (χ1v) is 7.06. The number of pyridine rings is 1. The summed E-state index contributed by atoms with van der Waals surface area (Å²) in [4.78, 5) is 27.5. The smallest absolute Gasteiger partial charge is 0.272 e. The van der Waals surface area contributed by atoms with Gasteiger partial charge in [0.2, 0.25) is 0 Å². The number of rotatable bonds is 2. The van der Waals surface area contributed by atoms with Crippen LogP contribution in [0.2, 0.25) is 0 Å². The lowest BCUT2D eigenvalue weighted by Crippen LogP contribution is -2.18. The molecule has 3 aromatic rings. The second kappa shape index (κ2) is 5.48. The molecule has 0 unspecified atom stereocenters. The number of aryl methyl sites for hydroxylation is 2. The maximum absolute atomic E-state index is 12.4. The van der Waals surface area contributed by atoms with Crippen LogP contribution in [0.5, 0.6) is 0 Å². The number of amides is 1. The molecule has 0 radical (unpaired) electrons. The van der Waals surface area contributed by atoms with Gasteiger partial charge >= 0.3 is 0 Å². The normalized spacial score (nSPS) is 10.6. The van der Waals surface area contributed by atoms with Crippen LogP contribution in [0.4, 0.5) is 5.69 Å². The lowest BCUT2D eigenvalue weighted by molar-refractivity contribution is 0.102. The highest BCUT2D eigenvalue weighted by Gasteiger charge is 2.12. The Morgan fingerprint density at radius 2 is 1.68 bits per heavy atom. The predicted octanol–water partition coefficient (Wildman–Crippen LogP) is 3.40. The number of para-hydroxylation sites is 2. The number of fused-ring (bicyclic) bond motifs is 1. The Hall–Kier alpha value is -2.88. The van der Waals surface area contributed by atoms with E-state index in [9.17, 15) is 9.59 Å². The Morgan fingerprint density at radius 1 is 1.00 bits per heavy atom. The van der Waals surface area contributed by atoms with Gasteiger partial charge in [0, 0.05) is 22.7 Å². The van der Waals surface area contributed by atoms with Crippen LogP contribution in [-0.2, 0) is 0 Å². The van der Waals surface area contributed by atoms with Crippen LogP contribution in [0.25, 0.3) is 10.9 Å². The summed E-state index contributed by atoms with van der Waals surface area (Å²) in [6.07, 6.45) is 0. The van der Waals surface area contributed by atoms with Gasteiger partial charge in [-0.3, -0.25) is 9.59 Å². The van der Waals surface area contributed by atoms with Crippen molar-refractivity contribution in [1.29, 1.82) is 0 Å². The third-order valence-electron chi connectivity index (χ3n) is 3.70. The maximum atomic E-state index is 12.4. The highest BCUT2D eigenvalue weighted by Crippen LogP contribution is 2.20. The Morgan fingerprint density at radius 3 is 2.41 bits per heavy atom. The van der Waals surface area contributed by atoms with Crippen LogP contribution in [0, 0.1) is 13.8 Å². The van der Waals surface area contributed by atoms with Crippen molar-refractivity contribution in [2.45, 2.75) is 13.8 Å². The molecule has 0 spiro atoms. The number of carbonyl (C=O) groups is 1.